The van der Waals surface area contributed by atoms with E-state index in [4.69, 9.17) is 19.8 Å². The minimum absolute atomic E-state index is 0.0439. The molecule has 1 aliphatic rings. The number of nitrogens with one attached hydrogen (secondary N) is 1. The molecule has 0 aromatic heterocycles. The van der Waals surface area contributed by atoms with Gasteiger partial charge in [0, 0.05) is 19.4 Å². The molecular formula is C19H28N2O6. The van der Waals surface area contributed by atoms with Crippen LogP contribution in [0.1, 0.15) is 37.7 Å². The molecule has 1 aromatic carbocycles. The Balaban J connectivity index is 0.000000828. The Hall–Kier alpha value is -2.61. The Kier molecular flexibility index (Phi) is 9.89. The molecule has 150 valence electrons. The quantitative estimate of drug-likeness (QED) is 0.653. The third-order valence-corrected chi connectivity index (χ3v) is 4.55. The standard InChI is InChI=1S/C18H26N2O3.CH2O3/c1-20(18(22)15-11-7-4-8-12-15)16(17(21)19-23-2)13-14-9-5-3-6-10-14;2-1(3)4/h3,5-6,9-10,15-16H,4,7-8,11-13H2,1-2H3,(H,19,21);(H2,2,3,4). The molecular weight excluding hydrogens is 352 g/mol. The molecule has 1 atom stereocenters. The van der Waals surface area contributed by atoms with Crippen molar-refractivity contribution in [2.45, 2.75) is 44.6 Å². The number of carboxylic acid groups (broad SMARTS) is 2. The van der Waals surface area contributed by atoms with Gasteiger partial charge >= 0.3 is 6.16 Å². The maximum atomic E-state index is 12.7. The molecule has 0 aliphatic heterocycles. The van der Waals surface area contributed by atoms with Gasteiger partial charge < -0.3 is 15.1 Å². The first-order chi connectivity index (χ1) is 12.9. The predicted octanol–water partition coefficient (Wildman–Crippen LogP) is 2.54. The summed E-state index contributed by atoms with van der Waals surface area (Å²) in [6.07, 6.45) is 3.88. The van der Waals surface area contributed by atoms with Gasteiger partial charge in [0.15, 0.2) is 0 Å². The van der Waals surface area contributed by atoms with Crippen LogP contribution < -0.4 is 5.48 Å². The summed E-state index contributed by atoms with van der Waals surface area (Å²) in [5.41, 5.74) is 3.39. The Labute approximate surface area is 159 Å². The Morgan fingerprint density at radius 2 is 1.70 bits per heavy atom. The Morgan fingerprint density at radius 1 is 1.15 bits per heavy atom. The van der Waals surface area contributed by atoms with E-state index in [-0.39, 0.29) is 17.7 Å². The first kappa shape index (κ1) is 22.4. The Morgan fingerprint density at radius 3 is 2.22 bits per heavy atom. The van der Waals surface area contributed by atoms with Gasteiger partial charge in [-0.15, -0.1) is 0 Å². The highest BCUT2D eigenvalue weighted by Gasteiger charge is 2.32. The molecule has 27 heavy (non-hydrogen) atoms. The van der Waals surface area contributed by atoms with Crippen LogP contribution in [0, 0.1) is 5.92 Å². The van der Waals surface area contributed by atoms with E-state index in [0.29, 0.717) is 6.42 Å². The molecule has 1 saturated carbocycles. The second kappa shape index (κ2) is 11.9. The average molecular weight is 380 g/mol. The summed E-state index contributed by atoms with van der Waals surface area (Å²) in [5, 5.41) is 13.9. The molecule has 0 bridgehead atoms. The number of benzene rings is 1. The number of hydrogen-bond acceptors (Lipinski definition) is 4. The smallest absolute Gasteiger partial charge is 0.450 e. The van der Waals surface area contributed by atoms with E-state index in [2.05, 4.69) is 5.48 Å². The minimum atomic E-state index is -1.83. The van der Waals surface area contributed by atoms with E-state index in [1.165, 1.54) is 13.5 Å². The molecule has 1 unspecified atom stereocenters. The van der Waals surface area contributed by atoms with Crippen LogP contribution in [0.25, 0.3) is 0 Å². The first-order valence-electron chi connectivity index (χ1n) is 8.92. The van der Waals surface area contributed by atoms with E-state index >= 15 is 0 Å². The van der Waals surface area contributed by atoms with Crippen LogP contribution in [-0.2, 0) is 20.8 Å². The lowest BCUT2D eigenvalue weighted by Gasteiger charge is -2.31. The number of carbonyl (C=O) groups excluding carboxylic acids is 2. The summed E-state index contributed by atoms with van der Waals surface area (Å²) in [6.45, 7) is 0. The van der Waals surface area contributed by atoms with Crippen LogP contribution in [0.3, 0.4) is 0 Å². The van der Waals surface area contributed by atoms with Crippen LogP contribution in [0.5, 0.6) is 0 Å². The van der Waals surface area contributed by atoms with Gasteiger partial charge in [-0.05, 0) is 18.4 Å². The van der Waals surface area contributed by atoms with Crippen molar-refractivity contribution in [3.63, 3.8) is 0 Å². The molecule has 0 spiro atoms. The van der Waals surface area contributed by atoms with Gasteiger partial charge in [0.2, 0.25) is 5.91 Å². The topological polar surface area (TPSA) is 116 Å². The summed E-state index contributed by atoms with van der Waals surface area (Å²) in [6, 6.07) is 9.17. The number of hydrogen-bond donors (Lipinski definition) is 3. The molecule has 3 N–H and O–H groups in total. The molecule has 2 rings (SSSR count). The fourth-order valence-corrected chi connectivity index (χ4v) is 3.20. The van der Waals surface area contributed by atoms with Crippen molar-refractivity contribution >= 4 is 18.0 Å². The summed E-state index contributed by atoms with van der Waals surface area (Å²) in [4.78, 5) is 40.0. The van der Waals surface area contributed by atoms with Crippen LogP contribution in [0.2, 0.25) is 0 Å². The molecule has 1 fully saturated rings. The zero-order valence-corrected chi connectivity index (χ0v) is 15.8. The summed E-state index contributed by atoms with van der Waals surface area (Å²) >= 11 is 0. The molecule has 0 radical (unpaired) electrons. The van der Waals surface area contributed by atoms with Crippen molar-refractivity contribution in [2.24, 2.45) is 5.92 Å². The van der Waals surface area contributed by atoms with Crippen LogP contribution in [-0.4, -0.2) is 53.3 Å². The van der Waals surface area contributed by atoms with Crippen LogP contribution >= 0.6 is 0 Å². The highest BCUT2D eigenvalue weighted by Crippen LogP contribution is 2.26. The fourth-order valence-electron chi connectivity index (χ4n) is 3.20. The molecule has 8 heteroatoms. The maximum absolute atomic E-state index is 12.7. The van der Waals surface area contributed by atoms with Crippen molar-refractivity contribution in [3.05, 3.63) is 35.9 Å². The average Bonchev–Trinajstić information content (AvgIpc) is 2.66. The SMILES string of the molecule is CONC(=O)C(Cc1ccccc1)N(C)C(=O)C1CCCCC1.O=C(O)O. The zero-order valence-electron chi connectivity index (χ0n) is 15.8. The van der Waals surface area contributed by atoms with E-state index in [1.807, 2.05) is 30.3 Å². The molecule has 0 heterocycles. The maximum Gasteiger partial charge on any atom is 0.503 e. The van der Waals surface area contributed by atoms with Gasteiger partial charge in [0.05, 0.1) is 7.11 Å². The molecule has 2 amide bonds. The predicted molar refractivity (Wildman–Crippen MR) is 99.1 cm³/mol. The summed E-state index contributed by atoms with van der Waals surface area (Å²) in [7, 11) is 3.13. The lowest BCUT2D eigenvalue weighted by molar-refractivity contribution is -0.147. The van der Waals surface area contributed by atoms with Crippen molar-refractivity contribution in [2.75, 3.05) is 14.2 Å². The molecule has 0 saturated heterocycles. The number of nitrogens with zero attached hydrogens (tertiary/aromatic N) is 1. The van der Waals surface area contributed by atoms with Gasteiger partial charge in [-0.3, -0.25) is 14.4 Å². The third-order valence-electron chi connectivity index (χ3n) is 4.55. The summed E-state index contributed by atoms with van der Waals surface area (Å²) in [5.74, 6) is -0.178. The van der Waals surface area contributed by atoms with Crippen molar-refractivity contribution in [1.29, 1.82) is 0 Å². The monoisotopic (exact) mass is 380 g/mol. The van der Waals surface area contributed by atoms with Gasteiger partial charge in [-0.25, -0.2) is 10.3 Å². The highest BCUT2D eigenvalue weighted by molar-refractivity contribution is 5.88. The van der Waals surface area contributed by atoms with Gasteiger partial charge in [-0.1, -0.05) is 49.6 Å². The number of amides is 2. The first-order valence-corrected chi connectivity index (χ1v) is 8.92. The number of hydroxylamine groups is 1. The van der Waals surface area contributed by atoms with E-state index in [0.717, 1.165) is 31.2 Å². The van der Waals surface area contributed by atoms with Gasteiger partial charge in [0.25, 0.3) is 5.91 Å². The second-order valence-corrected chi connectivity index (χ2v) is 6.44. The molecule has 1 aliphatic carbocycles. The molecule has 1 aromatic rings. The van der Waals surface area contributed by atoms with Crippen molar-refractivity contribution < 1.29 is 29.4 Å². The Bertz CT molecular complexity index is 597. The van der Waals surface area contributed by atoms with Crippen molar-refractivity contribution in [3.8, 4) is 0 Å². The molecule has 8 nitrogen and oxygen atoms in total. The second-order valence-electron chi connectivity index (χ2n) is 6.44. The van der Waals surface area contributed by atoms with E-state index < -0.39 is 12.2 Å². The lowest BCUT2D eigenvalue weighted by atomic mass is 9.88. The number of rotatable bonds is 6. The van der Waals surface area contributed by atoms with Gasteiger partial charge in [0.1, 0.15) is 6.04 Å². The van der Waals surface area contributed by atoms with E-state index in [1.54, 1.807) is 11.9 Å². The lowest BCUT2D eigenvalue weighted by Crippen LogP contribution is -2.50. The largest absolute Gasteiger partial charge is 0.503 e. The summed E-state index contributed by atoms with van der Waals surface area (Å²) < 4.78 is 0. The highest BCUT2D eigenvalue weighted by atomic mass is 16.6. The zero-order chi connectivity index (χ0) is 20.2. The normalized spacial score (nSPS) is 15.0. The third kappa shape index (κ3) is 8.08. The minimum Gasteiger partial charge on any atom is -0.450 e. The number of likely N-dealkylation sites (N-methyl/N-ethyl adjacent to an activating group) is 1. The van der Waals surface area contributed by atoms with Crippen molar-refractivity contribution in [1.82, 2.24) is 10.4 Å². The fraction of sp³-hybridized carbons (Fsp3) is 0.526. The van der Waals surface area contributed by atoms with Gasteiger partial charge in [-0.2, -0.15) is 0 Å². The van der Waals surface area contributed by atoms with E-state index in [9.17, 15) is 9.59 Å². The number of carbonyl (C=O) groups is 3. The van der Waals surface area contributed by atoms with Crippen LogP contribution in [0.15, 0.2) is 30.3 Å². The van der Waals surface area contributed by atoms with Crippen LogP contribution in [0.4, 0.5) is 4.79 Å².